The van der Waals surface area contributed by atoms with Crippen molar-refractivity contribution >= 4 is 48.9 Å². The maximum atomic E-state index is 12.5. The third-order valence-corrected chi connectivity index (χ3v) is 9.76. The van der Waals surface area contributed by atoms with Crippen LogP contribution in [0, 0.1) is 0 Å². The highest BCUT2D eigenvalue weighted by molar-refractivity contribution is 7.92. The lowest BCUT2D eigenvalue weighted by atomic mass is 10.2. The Kier molecular flexibility index (Phi) is 7.32. The number of aryl methyl sites for hydroxylation is 1. The van der Waals surface area contributed by atoms with Crippen LogP contribution >= 0.6 is 18.9 Å². The number of nitrogens with zero attached hydrogens (tertiary/aromatic N) is 1. The van der Waals surface area contributed by atoms with Gasteiger partial charge in [0.2, 0.25) is 0 Å². The first-order valence-electron chi connectivity index (χ1n) is 9.13. The normalized spacial score (nSPS) is 14.5. The predicted molar refractivity (Wildman–Crippen MR) is 116 cm³/mol. The first kappa shape index (κ1) is 24.0. The Morgan fingerprint density at radius 1 is 1.10 bits per heavy atom. The number of hydrogen-bond acceptors (Lipinski definition) is 7. The average molecular weight is 505 g/mol. The molecular formula is C18H21N2O7PS3. The summed E-state index contributed by atoms with van der Waals surface area (Å²) in [5.74, 6) is -0.140. The third-order valence-electron chi connectivity index (χ3n) is 4.31. The molecule has 2 N–H and O–H groups in total. The van der Waals surface area contributed by atoms with Crippen molar-refractivity contribution in [2.75, 3.05) is 12.0 Å². The first-order valence-corrected chi connectivity index (χ1v) is 15.0. The molecule has 1 unspecified atom stereocenters. The van der Waals surface area contributed by atoms with Gasteiger partial charge in [-0.25, -0.2) is 26.1 Å². The summed E-state index contributed by atoms with van der Waals surface area (Å²) in [6.45, 7) is 0.585. The molecule has 0 spiro atoms. The minimum Gasteiger partial charge on any atom is -0.778 e. The summed E-state index contributed by atoms with van der Waals surface area (Å²) in [6.07, 6.45) is 3.11. The van der Waals surface area contributed by atoms with Crippen molar-refractivity contribution in [3.63, 3.8) is 0 Å². The molecule has 168 valence electrons. The van der Waals surface area contributed by atoms with Crippen LogP contribution in [0.1, 0.15) is 12.0 Å². The molecule has 3 rings (SSSR count). The van der Waals surface area contributed by atoms with Gasteiger partial charge >= 0.3 is 0 Å². The maximum Gasteiger partial charge on any atom is 0.250 e. The van der Waals surface area contributed by atoms with Gasteiger partial charge in [-0.05, 0) is 29.1 Å². The van der Waals surface area contributed by atoms with Crippen LogP contribution in [-0.4, -0.2) is 33.8 Å². The van der Waals surface area contributed by atoms with E-state index < -0.39 is 33.7 Å². The number of hydrogen-bond donors (Lipinski definition) is 2. The van der Waals surface area contributed by atoms with E-state index in [1.165, 1.54) is 6.07 Å². The third kappa shape index (κ3) is 7.18. The fraction of sp³-hybridized carbons (Fsp3) is 0.278. The van der Waals surface area contributed by atoms with Crippen molar-refractivity contribution in [1.82, 2.24) is 4.72 Å². The summed E-state index contributed by atoms with van der Waals surface area (Å²) in [5, 5.41) is 0.534. The number of aromatic nitrogens is 1. The highest BCUT2D eigenvalue weighted by atomic mass is 32.2. The van der Waals surface area contributed by atoms with E-state index in [0.29, 0.717) is 28.6 Å². The van der Waals surface area contributed by atoms with Gasteiger partial charge in [-0.2, -0.15) is 0 Å². The van der Waals surface area contributed by atoms with E-state index in [2.05, 4.69) is 0 Å². The van der Waals surface area contributed by atoms with Gasteiger partial charge in [0.15, 0.2) is 22.2 Å². The molecule has 3 aromatic rings. The topological polar surface area (TPSA) is 145 Å². The SMILES string of the molecule is O=P([O-])(O)CNS(=O)(=O)c1cc2cc(CS(=O)(=O)CCC[n+]3ccccc3)ccc2s1. The molecule has 31 heavy (non-hydrogen) atoms. The Labute approximate surface area is 184 Å². The second-order valence-corrected chi connectivity index (χ2v) is 13.8. The minimum atomic E-state index is -4.78. The Morgan fingerprint density at radius 2 is 1.81 bits per heavy atom. The number of sulfonamides is 1. The molecular weight excluding hydrogens is 483 g/mol. The number of benzene rings is 1. The van der Waals surface area contributed by atoms with Crippen LogP contribution in [-0.2, 0) is 36.7 Å². The summed E-state index contributed by atoms with van der Waals surface area (Å²) in [5.41, 5.74) is 0.536. The summed E-state index contributed by atoms with van der Waals surface area (Å²) < 4.78 is 64.4. The molecule has 0 aliphatic rings. The Morgan fingerprint density at radius 3 is 2.48 bits per heavy atom. The van der Waals surface area contributed by atoms with Crippen LogP contribution in [0.4, 0.5) is 0 Å². The van der Waals surface area contributed by atoms with Gasteiger partial charge in [0.1, 0.15) is 18.3 Å². The van der Waals surface area contributed by atoms with E-state index in [-0.39, 0.29) is 15.7 Å². The highest BCUT2D eigenvalue weighted by Crippen LogP contribution is 2.32. The molecule has 0 bridgehead atoms. The Bertz CT molecular complexity index is 1320. The van der Waals surface area contributed by atoms with Crippen LogP contribution in [0.5, 0.6) is 0 Å². The zero-order chi connectivity index (χ0) is 22.7. The van der Waals surface area contributed by atoms with E-state index in [0.717, 1.165) is 11.3 Å². The second-order valence-electron chi connectivity index (χ2n) is 6.94. The number of pyridine rings is 1. The monoisotopic (exact) mass is 504 g/mol. The van der Waals surface area contributed by atoms with Crippen molar-refractivity contribution in [2.45, 2.75) is 22.9 Å². The van der Waals surface area contributed by atoms with Gasteiger partial charge in [-0.3, -0.25) is 0 Å². The van der Waals surface area contributed by atoms with Gasteiger partial charge in [0.25, 0.3) is 10.0 Å². The smallest absolute Gasteiger partial charge is 0.250 e. The maximum absolute atomic E-state index is 12.5. The zero-order valence-electron chi connectivity index (χ0n) is 16.2. The Balaban J connectivity index is 1.68. The lowest BCUT2D eigenvalue weighted by molar-refractivity contribution is -0.696. The molecule has 0 amide bonds. The highest BCUT2D eigenvalue weighted by Gasteiger charge is 2.20. The second kappa shape index (κ2) is 9.45. The molecule has 0 saturated heterocycles. The number of fused-ring (bicyclic) bond motifs is 1. The molecule has 0 radical (unpaired) electrons. The summed E-state index contributed by atoms with van der Waals surface area (Å²) in [4.78, 5) is 19.6. The van der Waals surface area contributed by atoms with Crippen LogP contribution in [0.25, 0.3) is 10.1 Å². The van der Waals surface area contributed by atoms with E-state index >= 15 is 0 Å². The van der Waals surface area contributed by atoms with Crippen LogP contribution < -0.4 is 14.2 Å². The van der Waals surface area contributed by atoms with Gasteiger partial charge < -0.3 is 14.4 Å². The molecule has 2 heterocycles. The van der Waals surface area contributed by atoms with Crippen molar-refractivity contribution in [1.29, 1.82) is 0 Å². The first-order chi connectivity index (χ1) is 14.4. The van der Waals surface area contributed by atoms with Crippen molar-refractivity contribution in [2.24, 2.45) is 0 Å². The summed E-state index contributed by atoms with van der Waals surface area (Å²) in [6, 6.07) is 11.8. The van der Waals surface area contributed by atoms with Crippen LogP contribution in [0.2, 0.25) is 0 Å². The minimum absolute atomic E-state index is 0.0243. The van der Waals surface area contributed by atoms with Crippen molar-refractivity contribution in [3.8, 4) is 0 Å². The molecule has 0 saturated carbocycles. The molecule has 0 fully saturated rings. The molecule has 2 aromatic heterocycles. The van der Waals surface area contributed by atoms with Crippen molar-refractivity contribution < 1.29 is 35.8 Å². The van der Waals surface area contributed by atoms with Crippen LogP contribution in [0.3, 0.4) is 0 Å². The van der Waals surface area contributed by atoms with E-state index in [1.807, 2.05) is 39.9 Å². The van der Waals surface area contributed by atoms with Gasteiger partial charge in [-0.1, -0.05) is 12.1 Å². The molecule has 1 atom stereocenters. The standard InChI is InChI=1S/C18H21N2O7PS3/c21-28(22,23)14-19-31(26,27)18-12-16-11-15(5-6-17(16)29-18)13-30(24,25)10-4-9-20-7-2-1-3-8-20/h1-3,5-8,11-12,19H,4,9-10,13-14H2,(H-,21,22,23). The molecule has 0 aliphatic heterocycles. The molecule has 0 aliphatic carbocycles. The number of thiophene rings is 1. The van der Waals surface area contributed by atoms with Gasteiger partial charge in [-0.15, -0.1) is 11.3 Å². The van der Waals surface area contributed by atoms with E-state index in [9.17, 15) is 26.3 Å². The zero-order valence-corrected chi connectivity index (χ0v) is 19.6. The predicted octanol–water partition coefficient (Wildman–Crippen LogP) is 0.975. The fourth-order valence-corrected chi connectivity index (χ4v) is 7.72. The van der Waals surface area contributed by atoms with Crippen molar-refractivity contribution in [3.05, 3.63) is 60.4 Å². The fourth-order valence-electron chi connectivity index (χ4n) is 2.90. The van der Waals surface area contributed by atoms with E-state index in [4.69, 9.17) is 4.89 Å². The number of sulfone groups is 1. The number of nitrogens with one attached hydrogen (secondary N) is 1. The average Bonchev–Trinajstić information content (AvgIpc) is 3.11. The Hall–Kier alpha value is -1.66. The quantitative estimate of drug-likeness (QED) is 0.309. The summed E-state index contributed by atoms with van der Waals surface area (Å²) in [7, 11) is -12.3. The lowest BCUT2D eigenvalue weighted by Gasteiger charge is -2.15. The van der Waals surface area contributed by atoms with Gasteiger partial charge in [0.05, 0.1) is 17.8 Å². The molecule has 1 aromatic carbocycles. The molecule has 13 heteroatoms. The number of rotatable bonds is 10. The van der Waals surface area contributed by atoms with Gasteiger partial charge in [0, 0.05) is 23.3 Å². The lowest BCUT2D eigenvalue weighted by Crippen LogP contribution is -2.33. The molecule has 9 nitrogen and oxygen atoms in total. The van der Waals surface area contributed by atoms with E-state index in [1.54, 1.807) is 18.2 Å². The van der Waals surface area contributed by atoms with Crippen LogP contribution in [0.15, 0.2) is 59.1 Å². The largest absolute Gasteiger partial charge is 0.778 e. The summed E-state index contributed by atoms with van der Waals surface area (Å²) >= 11 is 0.917.